The Morgan fingerprint density at radius 2 is 2.14 bits per heavy atom. The number of rotatable bonds is 1. The highest BCUT2D eigenvalue weighted by atomic mass is 32.2. The fourth-order valence-corrected chi connectivity index (χ4v) is 0.138. The molecule has 0 aromatic heterocycles. The molecule has 0 unspecified atom stereocenters. The molecule has 7 heavy (non-hydrogen) atoms. The average Bonchev–Trinajstić information content (AvgIpc) is 1.61. The van der Waals surface area contributed by atoms with Crippen molar-refractivity contribution in [3.05, 3.63) is 10.4 Å². The molecule has 0 aromatic carbocycles. The first-order chi connectivity index (χ1) is 3.27. The van der Waals surface area contributed by atoms with Crippen LogP contribution in [0.1, 0.15) is 0 Å². The third-order valence-corrected chi connectivity index (χ3v) is 0.350. The monoisotopic (exact) mass is 120 g/mol. The molecule has 0 rings (SSSR count). The van der Waals surface area contributed by atoms with E-state index in [4.69, 9.17) is 5.53 Å². The lowest BCUT2D eigenvalue weighted by molar-refractivity contribution is 0.620. The molecule has 0 heterocycles. The highest BCUT2D eigenvalue weighted by molar-refractivity contribution is 7.61. The molecule has 38 valence electrons. The summed E-state index contributed by atoms with van der Waals surface area (Å²) >= 11 is 0. The predicted molar refractivity (Wildman–Crippen MR) is 20.5 cm³/mol. The molecule has 0 atom stereocenters. The van der Waals surface area contributed by atoms with Gasteiger partial charge in [0, 0.05) is 5.22 Å². The number of hydrogen-bond acceptors (Lipinski definition) is 2. The molecule has 7 heteroatoms. The minimum Gasteiger partial charge on any atom is -0.164 e. The third-order valence-electron chi connectivity index (χ3n) is 0.143. The second-order valence-corrected chi connectivity index (χ2v) is 1.08. The molecule has 0 aromatic rings. The summed E-state index contributed by atoms with van der Waals surface area (Å²) < 4.78 is 21.0. The van der Waals surface area contributed by atoms with Crippen LogP contribution in [0.5, 0.6) is 0 Å². The van der Waals surface area contributed by atoms with Crippen LogP contribution in [0.2, 0.25) is 0 Å². The first-order valence-electron chi connectivity index (χ1n) is 1.12. The summed E-state index contributed by atoms with van der Waals surface area (Å²) in [6.07, 6.45) is 0. The lowest BCUT2D eigenvalue weighted by Gasteiger charge is -1.44. The van der Waals surface area contributed by atoms with Crippen molar-refractivity contribution in [2.75, 3.05) is 0 Å². The van der Waals surface area contributed by atoms with Gasteiger partial charge in [0.05, 0.1) is 0 Å². The summed E-state index contributed by atoms with van der Waals surface area (Å²) in [7, 11) is -2.61. The maximum absolute atomic E-state index is 9.33. The van der Waals surface area contributed by atoms with Crippen molar-refractivity contribution in [2.24, 2.45) is 9.69 Å². The van der Waals surface area contributed by atoms with Gasteiger partial charge in [-0.2, -0.15) is 4.91 Å². The van der Waals surface area contributed by atoms with E-state index in [2.05, 4.69) is 9.69 Å². The lowest BCUT2D eigenvalue weighted by atomic mass is 12.7. The second kappa shape index (κ2) is 3.13. The van der Waals surface area contributed by atoms with E-state index in [1.165, 1.54) is 0 Å². The van der Waals surface area contributed by atoms with E-state index in [9.17, 15) is 8.42 Å². The molecule has 6 nitrogen and oxygen atoms in total. The van der Waals surface area contributed by atoms with Gasteiger partial charge in [0.2, 0.25) is 0 Å². The van der Waals surface area contributed by atoms with Crippen molar-refractivity contribution in [3.8, 4) is 0 Å². The molecule has 0 saturated carbocycles. The van der Waals surface area contributed by atoms with Gasteiger partial charge in [-0.15, -0.1) is 13.9 Å². The van der Waals surface area contributed by atoms with Crippen molar-refractivity contribution < 1.29 is 8.42 Å². The Kier molecular flexibility index (Phi) is 2.65. The zero-order valence-corrected chi connectivity index (χ0v) is 3.83. The fourth-order valence-electron chi connectivity index (χ4n) is 0.0461. The Morgan fingerprint density at radius 3 is 2.29 bits per heavy atom. The minimum atomic E-state index is -2.61. The maximum atomic E-state index is 9.33. The molecule has 0 radical (unpaired) electrons. The molecule has 0 aliphatic rings. The first kappa shape index (κ1) is 5.93. The summed E-state index contributed by atoms with van der Waals surface area (Å²) in [5.41, 5.74) is 7.41. The number of nitrogens with zero attached hydrogens (tertiary/aromatic N) is 4. The summed E-state index contributed by atoms with van der Waals surface area (Å²) in [5, 5.41) is 2.36. The van der Waals surface area contributed by atoms with Crippen LogP contribution in [-0.2, 0) is 10.5 Å². The Hall–Kier alpha value is -1.07. The molecule has 0 bridgehead atoms. The van der Waals surface area contributed by atoms with Gasteiger partial charge in [0.1, 0.15) is 4.47 Å². The highest BCUT2D eigenvalue weighted by Crippen LogP contribution is 1.65. The van der Waals surface area contributed by atoms with Crippen LogP contribution in [0.4, 0.5) is 0 Å². The summed E-state index contributed by atoms with van der Waals surface area (Å²) in [4.78, 5) is 2.04. The molecule has 0 N–H and O–H groups in total. The molecule has 0 amide bonds. The topological polar surface area (TPSA) is 95.3 Å². The maximum Gasteiger partial charge on any atom is 0.427 e. The largest absolute Gasteiger partial charge is 0.427 e. The van der Waals surface area contributed by atoms with Crippen LogP contribution in [0.15, 0.2) is 9.69 Å². The van der Waals surface area contributed by atoms with Crippen molar-refractivity contribution >= 4 is 10.5 Å². The van der Waals surface area contributed by atoms with Crippen molar-refractivity contribution in [3.63, 3.8) is 0 Å². The average molecular weight is 120 g/mol. The van der Waals surface area contributed by atoms with Crippen LogP contribution < -0.4 is 0 Å². The van der Waals surface area contributed by atoms with E-state index < -0.39 is 10.5 Å². The van der Waals surface area contributed by atoms with Gasteiger partial charge in [-0.3, -0.25) is 0 Å². The van der Waals surface area contributed by atoms with Crippen LogP contribution >= 0.6 is 0 Å². The molecule has 0 saturated heterocycles. The van der Waals surface area contributed by atoms with E-state index in [1.54, 1.807) is 0 Å². The van der Waals surface area contributed by atoms with Gasteiger partial charge in [0.15, 0.2) is 0 Å². The smallest absolute Gasteiger partial charge is 0.164 e. The van der Waals surface area contributed by atoms with Gasteiger partial charge in [-0.1, -0.05) is 0 Å². The quantitative estimate of drug-likeness (QED) is 0.215. The third kappa shape index (κ3) is 4.93. The van der Waals surface area contributed by atoms with Gasteiger partial charge < -0.3 is 0 Å². The predicted octanol–water partition coefficient (Wildman–Crippen LogP) is 0.274. The van der Waals surface area contributed by atoms with Crippen LogP contribution in [0.3, 0.4) is 0 Å². The molecular formula is N4O2S. The van der Waals surface area contributed by atoms with Crippen molar-refractivity contribution in [2.45, 2.75) is 0 Å². The minimum absolute atomic E-state index is 2.04. The van der Waals surface area contributed by atoms with Gasteiger partial charge in [-0.25, -0.2) is 0 Å². The van der Waals surface area contributed by atoms with E-state index in [0.29, 0.717) is 0 Å². The molecule has 0 aliphatic carbocycles. The van der Waals surface area contributed by atoms with Crippen molar-refractivity contribution in [1.82, 2.24) is 0 Å². The van der Waals surface area contributed by atoms with Gasteiger partial charge >= 0.3 is 10.5 Å². The standard InChI is InChI=1S/N4O2S/c1-2-3-4-7(5)6. The van der Waals surface area contributed by atoms with E-state index >= 15 is 0 Å². The van der Waals surface area contributed by atoms with Crippen molar-refractivity contribution in [1.29, 1.82) is 0 Å². The zero-order chi connectivity index (χ0) is 5.70. The van der Waals surface area contributed by atoms with E-state index in [-0.39, 0.29) is 0 Å². The number of hydrogen-bond donors (Lipinski definition) is 0. The molecular weight excluding hydrogens is 120 g/mol. The van der Waals surface area contributed by atoms with Gasteiger partial charge in [-0.05, 0) is 0 Å². The summed E-state index contributed by atoms with van der Waals surface area (Å²) in [6.45, 7) is 0. The highest BCUT2D eigenvalue weighted by Gasteiger charge is 1.65. The van der Waals surface area contributed by atoms with Gasteiger partial charge in [0.25, 0.3) is 0 Å². The summed E-state index contributed by atoms with van der Waals surface area (Å²) in [6, 6.07) is 0. The van der Waals surface area contributed by atoms with Crippen LogP contribution in [-0.4, -0.2) is 8.42 Å². The van der Waals surface area contributed by atoms with Crippen LogP contribution in [0, 0.1) is 0 Å². The molecule has 0 spiro atoms. The first-order valence-corrected chi connectivity index (χ1v) is 2.15. The Balaban J connectivity index is 4.27. The molecule has 0 aliphatic heterocycles. The van der Waals surface area contributed by atoms with E-state index in [1.807, 2.05) is 4.91 Å². The zero-order valence-electron chi connectivity index (χ0n) is 3.01. The Bertz CT molecular complexity index is 196. The fraction of sp³-hybridized carbons (Fsp3) is 0. The van der Waals surface area contributed by atoms with E-state index in [0.717, 1.165) is 0 Å². The number of azide groups is 1. The Labute approximate surface area is 40.1 Å². The lowest BCUT2D eigenvalue weighted by Crippen LogP contribution is -1.46. The van der Waals surface area contributed by atoms with Crippen LogP contribution in [0.25, 0.3) is 10.4 Å². The Morgan fingerprint density at radius 1 is 1.57 bits per heavy atom. The second-order valence-electron chi connectivity index (χ2n) is 0.478. The summed E-state index contributed by atoms with van der Waals surface area (Å²) in [5.74, 6) is 0. The normalized spacial score (nSPS) is 6.29. The SMILES string of the molecule is [N-]=[N+]=NN=S(=O)=O. The molecule has 0 fully saturated rings.